The van der Waals surface area contributed by atoms with E-state index in [0.29, 0.717) is 34.1 Å². The van der Waals surface area contributed by atoms with Gasteiger partial charge in [-0.25, -0.2) is 9.59 Å². The average Bonchev–Trinajstić information content (AvgIpc) is 3.38. The third kappa shape index (κ3) is 4.54. The maximum atomic E-state index is 13.2. The van der Waals surface area contributed by atoms with Crippen molar-refractivity contribution in [1.29, 1.82) is 0 Å². The van der Waals surface area contributed by atoms with Gasteiger partial charge in [0.15, 0.2) is 0 Å². The van der Waals surface area contributed by atoms with Gasteiger partial charge in [-0.15, -0.1) is 0 Å². The Morgan fingerprint density at radius 2 is 0.917 bits per heavy atom. The Labute approximate surface area is 279 Å². The van der Waals surface area contributed by atoms with Crippen LogP contribution in [0.15, 0.2) is 121 Å². The molecule has 8 rings (SSSR count). The molecule has 0 saturated carbocycles. The number of aryl methyl sites for hydroxylation is 4. The van der Waals surface area contributed by atoms with Crippen molar-refractivity contribution >= 4 is 11.9 Å². The Balaban J connectivity index is 1.25. The summed E-state index contributed by atoms with van der Waals surface area (Å²) >= 11 is 0. The number of hydrogen-bond donors (Lipinski definition) is 0. The normalized spacial score (nSPS) is 13.1. The van der Waals surface area contributed by atoms with E-state index < -0.39 is 17.4 Å². The van der Waals surface area contributed by atoms with E-state index in [2.05, 4.69) is 48.5 Å². The van der Waals surface area contributed by atoms with Gasteiger partial charge in [0.1, 0.15) is 23.0 Å². The molecule has 0 N–H and O–H groups in total. The second-order valence-electron chi connectivity index (χ2n) is 12.6. The van der Waals surface area contributed by atoms with Gasteiger partial charge in [0.25, 0.3) is 0 Å². The van der Waals surface area contributed by atoms with Crippen molar-refractivity contribution in [3.63, 3.8) is 0 Å². The van der Waals surface area contributed by atoms with Gasteiger partial charge >= 0.3 is 11.9 Å². The SMILES string of the molecule is Cc1ccc(C(=O)Oc2ccc3c(c2)Oc2cc(OC(=O)c4ccc(C)c(C)c4)ccc2C32c3ccccc3-c3ccccc32)cc1C. The first-order chi connectivity index (χ1) is 23.2. The summed E-state index contributed by atoms with van der Waals surface area (Å²) in [5.74, 6) is 0.955. The molecular formula is C43H32O5. The van der Waals surface area contributed by atoms with Crippen LogP contribution < -0.4 is 14.2 Å². The van der Waals surface area contributed by atoms with Gasteiger partial charge in [-0.3, -0.25) is 0 Å². The van der Waals surface area contributed by atoms with Crippen molar-refractivity contribution in [3.8, 4) is 34.1 Å². The van der Waals surface area contributed by atoms with Crippen molar-refractivity contribution in [2.75, 3.05) is 0 Å². The lowest BCUT2D eigenvalue weighted by atomic mass is 9.66. The predicted molar refractivity (Wildman–Crippen MR) is 186 cm³/mol. The number of rotatable bonds is 4. The third-order valence-corrected chi connectivity index (χ3v) is 9.79. The Morgan fingerprint density at radius 1 is 0.479 bits per heavy atom. The minimum Gasteiger partial charge on any atom is -0.456 e. The number of benzene rings is 6. The topological polar surface area (TPSA) is 61.8 Å². The first kappa shape index (κ1) is 29.5. The number of fused-ring (bicyclic) bond motifs is 9. The zero-order valence-electron chi connectivity index (χ0n) is 27.1. The number of carbonyl (C=O) groups excluding carboxylic acids is 2. The van der Waals surface area contributed by atoms with Crippen molar-refractivity contribution < 1.29 is 23.8 Å². The second kappa shape index (κ2) is 11.1. The van der Waals surface area contributed by atoms with Crippen LogP contribution in [0.2, 0.25) is 0 Å². The summed E-state index contributed by atoms with van der Waals surface area (Å²) in [6, 6.07) is 39.1. The van der Waals surface area contributed by atoms with Crippen LogP contribution in [0, 0.1) is 27.7 Å². The third-order valence-electron chi connectivity index (χ3n) is 9.79. The van der Waals surface area contributed by atoms with Crippen LogP contribution in [0.5, 0.6) is 23.0 Å². The first-order valence-electron chi connectivity index (χ1n) is 16.0. The highest BCUT2D eigenvalue weighted by Crippen LogP contribution is 2.62. The molecule has 1 spiro atoms. The first-order valence-corrected chi connectivity index (χ1v) is 16.0. The molecule has 6 aromatic carbocycles. The molecule has 0 saturated heterocycles. The predicted octanol–water partition coefficient (Wildman–Crippen LogP) is 9.83. The molecule has 1 heterocycles. The summed E-state index contributed by atoms with van der Waals surface area (Å²) in [5, 5.41) is 0. The summed E-state index contributed by atoms with van der Waals surface area (Å²) in [6.07, 6.45) is 0. The van der Waals surface area contributed by atoms with Crippen LogP contribution in [0.4, 0.5) is 0 Å². The Hall–Kier alpha value is -5.94. The van der Waals surface area contributed by atoms with Gasteiger partial charge in [-0.1, -0.05) is 72.8 Å². The summed E-state index contributed by atoms with van der Waals surface area (Å²) in [4.78, 5) is 26.4. The monoisotopic (exact) mass is 628 g/mol. The van der Waals surface area contributed by atoms with Gasteiger partial charge in [0, 0.05) is 23.3 Å². The largest absolute Gasteiger partial charge is 0.456 e. The minimum atomic E-state index is -0.719. The van der Waals surface area contributed by atoms with Crippen LogP contribution in [-0.4, -0.2) is 11.9 Å². The fraction of sp³-hybridized carbons (Fsp3) is 0.116. The van der Waals surface area contributed by atoms with Crippen molar-refractivity contribution in [2.24, 2.45) is 0 Å². The molecule has 0 aromatic heterocycles. The lowest BCUT2D eigenvalue weighted by Gasteiger charge is -2.39. The van der Waals surface area contributed by atoms with E-state index in [9.17, 15) is 9.59 Å². The molecule has 0 amide bonds. The minimum absolute atomic E-state index is 0.368. The van der Waals surface area contributed by atoms with Crippen molar-refractivity contribution in [3.05, 3.63) is 177 Å². The summed E-state index contributed by atoms with van der Waals surface area (Å²) in [7, 11) is 0. The van der Waals surface area contributed by atoms with Gasteiger partial charge < -0.3 is 14.2 Å². The smallest absolute Gasteiger partial charge is 0.343 e. The van der Waals surface area contributed by atoms with Crippen molar-refractivity contribution in [1.82, 2.24) is 0 Å². The standard InChI is InChI=1S/C43H32O5/c1-25-13-15-29(21-27(25)3)41(44)46-31-17-19-37-39(23-31)48-40-24-32(47-42(45)30-16-14-26(2)28(4)22-30)18-20-38(40)43(37)35-11-7-5-9-33(35)34-10-6-8-12-36(34)43/h5-24H,1-4H3. The molecule has 5 heteroatoms. The maximum Gasteiger partial charge on any atom is 0.343 e. The van der Waals surface area contributed by atoms with E-state index in [1.165, 1.54) is 0 Å². The van der Waals surface area contributed by atoms with E-state index in [-0.39, 0.29) is 0 Å². The zero-order chi connectivity index (χ0) is 33.2. The molecule has 48 heavy (non-hydrogen) atoms. The van der Waals surface area contributed by atoms with Gasteiger partial charge in [0.2, 0.25) is 0 Å². The summed E-state index contributed by atoms with van der Waals surface area (Å²) < 4.78 is 18.4. The number of ether oxygens (including phenoxy) is 3. The van der Waals surface area contributed by atoms with Gasteiger partial charge in [0.05, 0.1) is 16.5 Å². The average molecular weight is 629 g/mol. The highest BCUT2D eigenvalue weighted by Gasteiger charge is 2.51. The second-order valence-corrected chi connectivity index (χ2v) is 12.6. The number of carbonyl (C=O) groups is 2. The Bertz CT molecular complexity index is 2150. The summed E-state index contributed by atoms with van der Waals surface area (Å²) in [6.45, 7) is 7.96. The molecule has 6 aromatic rings. The fourth-order valence-electron chi connectivity index (χ4n) is 7.07. The zero-order valence-corrected chi connectivity index (χ0v) is 27.1. The van der Waals surface area contributed by atoms with E-state index in [4.69, 9.17) is 14.2 Å². The van der Waals surface area contributed by atoms with E-state index in [1.54, 1.807) is 24.3 Å². The molecule has 2 aliphatic rings. The quantitative estimate of drug-likeness (QED) is 0.143. The van der Waals surface area contributed by atoms with Crippen LogP contribution in [0.25, 0.3) is 11.1 Å². The fourth-order valence-corrected chi connectivity index (χ4v) is 7.07. The van der Waals surface area contributed by atoms with Crippen LogP contribution in [0.1, 0.15) is 65.2 Å². The van der Waals surface area contributed by atoms with E-state index in [0.717, 1.165) is 55.6 Å². The molecular weight excluding hydrogens is 596 g/mol. The Kier molecular flexibility index (Phi) is 6.81. The molecule has 234 valence electrons. The van der Waals surface area contributed by atoms with Crippen LogP contribution in [0.3, 0.4) is 0 Å². The van der Waals surface area contributed by atoms with Crippen LogP contribution >= 0.6 is 0 Å². The molecule has 0 bridgehead atoms. The van der Waals surface area contributed by atoms with Gasteiger partial charge in [-0.05, 0) is 109 Å². The molecule has 1 aliphatic heterocycles. The van der Waals surface area contributed by atoms with E-state index >= 15 is 0 Å². The van der Waals surface area contributed by atoms with Crippen LogP contribution in [-0.2, 0) is 5.41 Å². The highest BCUT2D eigenvalue weighted by molar-refractivity contribution is 5.93. The van der Waals surface area contributed by atoms with Crippen molar-refractivity contribution in [2.45, 2.75) is 33.1 Å². The number of esters is 2. The molecule has 0 fully saturated rings. The lowest BCUT2D eigenvalue weighted by molar-refractivity contribution is 0.0725. The molecule has 0 unspecified atom stereocenters. The van der Waals surface area contributed by atoms with Gasteiger partial charge in [-0.2, -0.15) is 0 Å². The molecule has 1 aliphatic carbocycles. The lowest BCUT2D eigenvalue weighted by Crippen LogP contribution is -2.32. The molecule has 5 nitrogen and oxygen atoms in total. The van der Waals surface area contributed by atoms with E-state index in [1.807, 2.05) is 76.2 Å². The molecule has 0 atom stereocenters. The maximum absolute atomic E-state index is 13.2. The molecule has 0 radical (unpaired) electrons. The highest BCUT2D eigenvalue weighted by atomic mass is 16.5. The summed E-state index contributed by atoms with van der Waals surface area (Å²) in [5.41, 5.74) is 10.9. The number of hydrogen-bond acceptors (Lipinski definition) is 5. The Morgan fingerprint density at radius 3 is 1.35 bits per heavy atom.